The maximum Gasteiger partial charge on any atom is 0.311 e. The number of hydrogen-bond donors (Lipinski definition) is 0. The highest BCUT2D eigenvalue weighted by atomic mass is 16.5. The van der Waals surface area contributed by atoms with Crippen LogP contribution in [0.3, 0.4) is 0 Å². The van der Waals surface area contributed by atoms with Crippen LogP contribution in [-0.4, -0.2) is 13.1 Å². The summed E-state index contributed by atoms with van der Waals surface area (Å²) in [5.74, 6) is 0.640. The zero-order valence-corrected chi connectivity index (χ0v) is 10.3. The number of rotatable bonds is 3. The SMILES string of the molecule is COC(=O)C1(C)CC=C(CC(C)C)CC1. The average Bonchev–Trinajstić information content (AvgIpc) is 2.20. The molecule has 0 amide bonds. The van der Waals surface area contributed by atoms with Crippen LogP contribution in [0.4, 0.5) is 0 Å². The Balaban J connectivity index is 2.60. The molecule has 0 saturated carbocycles. The summed E-state index contributed by atoms with van der Waals surface area (Å²) in [5.41, 5.74) is 1.22. The Labute approximate surface area is 92.7 Å². The van der Waals surface area contributed by atoms with Gasteiger partial charge in [0, 0.05) is 0 Å². The van der Waals surface area contributed by atoms with Crippen LogP contribution in [0.25, 0.3) is 0 Å². The molecule has 0 spiro atoms. The van der Waals surface area contributed by atoms with Crippen LogP contribution in [0.5, 0.6) is 0 Å². The monoisotopic (exact) mass is 210 g/mol. The fourth-order valence-corrected chi connectivity index (χ4v) is 2.15. The molecule has 0 radical (unpaired) electrons. The largest absolute Gasteiger partial charge is 0.469 e. The van der Waals surface area contributed by atoms with Gasteiger partial charge in [-0.25, -0.2) is 0 Å². The number of hydrogen-bond acceptors (Lipinski definition) is 2. The second kappa shape index (κ2) is 4.82. The van der Waals surface area contributed by atoms with Crippen LogP contribution in [0, 0.1) is 11.3 Å². The summed E-state index contributed by atoms with van der Waals surface area (Å²) in [6.45, 7) is 6.46. The molecule has 2 heteroatoms. The van der Waals surface area contributed by atoms with E-state index < -0.39 is 0 Å². The third-order valence-corrected chi connectivity index (χ3v) is 3.19. The molecule has 15 heavy (non-hydrogen) atoms. The zero-order chi connectivity index (χ0) is 11.5. The van der Waals surface area contributed by atoms with E-state index in [1.165, 1.54) is 12.7 Å². The number of ether oxygens (including phenoxy) is 1. The summed E-state index contributed by atoms with van der Waals surface area (Å²) in [6, 6.07) is 0. The second-order valence-electron chi connectivity index (χ2n) is 5.22. The van der Waals surface area contributed by atoms with Gasteiger partial charge in [-0.15, -0.1) is 0 Å². The predicted octanol–water partition coefficient (Wildman–Crippen LogP) is 3.32. The molecule has 0 fully saturated rings. The van der Waals surface area contributed by atoms with Crippen LogP contribution in [0.2, 0.25) is 0 Å². The van der Waals surface area contributed by atoms with Gasteiger partial charge in [0.05, 0.1) is 12.5 Å². The average molecular weight is 210 g/mol. The third-order valence-electron chi connectivity index (χ3n) is 3.19. The van der Waals surface area contributed by atoms with Crippen LogP contribution >= 0.6 is 0 Å². The van der Waals surface area contributed by atoms with Gasteiger partial charge in [-0.3, -0.25) is 4.79 Å². The van der Waals surface area contributed by atoms with Crippen LogP contribution in [0.1, 0.15) is 46.5 Å². The molecule has 1 aliphatic carbocycles. The molecule has 0 aliphatic heterocycles. The van der Waals surface area contributed by atoms with E-state index >= 15 is 0 Å². The molecule has 1 atom stereocenters. The molecule has 0 aromatic rings. The Kier molecular flexibility index (Phi) is 3.95. The predicted molar refractivity (Wildman–Crippen MR) is 61.5 cm³/mol. The van der Waals surface area contributed by atoms with Gasteiger partial charge in [0.15, 0.2) is 0 Å². The highest BCUT2D eigenvalue weighted by Crippen LogP contribution is 2.37. The number of esters is 1. The first-order valence-electron chi connectivity index (χ1n) is 5.74. The Bertz CT molecular complexity index is 266. The molecule has 1 aliphatic rings. The van der Waals surface area contributed by atoms with Crippen molar-refractivity contribution in [2.45, 2.75) is 46.5 Å². The van der Waals surface area contributed by atoms with E-state index in [1.807, 2.05) is 6.92 Å². The van der Waals surface area contributed by atoms with Gasteiger partial charge < -0.3 is 4.74 Å². The van der Waals surface area contributed by atoms with Crippen molar-refractivity contribution in [2.24, 2.45) is 11.3 Å². The molecule has 2 nitrogen and oxygen atoms in total. The van der Waals surface area contributed by atoms with E-state index in [0.717, 1.165) is 25.7 Å². The Morgan fingerprint density at radius 2 is 2.27 bits per heavy atom. The molecule has 0 saturated heterocycles. The van der Waals surface area contributed by atoms with E-state index in [1.54, 1.807) is 0 Å². The molecule has 0 aromatic heterocycles. The van der Waals surface area contributed by atoms with Crippen molar-refractivity contribution in [3.63, 3.8) is 0 Å². The Morgan fingerprint density at radius 3 is 2.67 bits per heavy atom. The van der Waals surface area contributed by atoms with Gasteiger partial charge in [-0.1, -0.05) is 25.5 Å². The Hall–Kier alpha value is -0.790. The second-order valence-corrected chi connectivity index (χ2v) is 5.22. The van der Waals surface area contributed by atoms with Gasteiger partial charge in [0.2, 0.25) is 0 Å². The quantitative estimate of drug-likeness (QED) is 0.527. The lowest BCUT2D eigenvalue weighted by molar-refractivity contribution is -0.152. The maximum atomic E-state index is 11.6. The van der Waals surface area contributed by atoms with Crippen LogP contribution in [0.15, 0.2) is 11.6 Å². The fraction of sp³-hybridized carbons (Fsp3) is 0.769. The lowest BCUT2D eigenvalue weighted by atomic mass is 9.75. The first-order chi connectivity index (χ1) is 6.98. The summed E-state index contributed by atoms with van der Waals surface area (Å²) in [4.78, 5) is 11.6. The Morgan fingerprint density at radius 1 is 1.60 bits per heavy atom. The fourth-order valence-electron chi connectivity index (χ4n) is 2.15. The normalized spacial score (nSPS) is 26.3. The highest BCUT2D eigenvalue weighted by Gasteiger charge is 2.35. The van der Waals surface area contributed by atoms with Gasteiger partial charge >= 0.3 is 5.97 Å². The van der Waals surface area contributed by atoms with E-state index in [4.69, 9.17) is 4.74 Å². The number of methoxy groups -OCH3 is 1. The minimum absolute atomic E-state index is 0.0673. The van der Waals surface area contributed by atoms with E-state index in [0.29, 0.717) is 5.92 Å². The maximum absolute atomic E-state index is 11.6. The summed E-state index contributed by atoms with van der Waals surface area (Å²) < 4.78 is 4.84. The standard InChI is InChI=1S/C13H22O2/c1-10(2)9-11-5-7-13(3,8-6-11)12(14)15-4/h5,10H,6-9H2,1-4H3. The third kappa shape index (κ3) is 3.08. The summed E-state index contributed by atoms with van der Waals surface area (Å²) in [7, 11) is 1.47. The minimum Gasteiger partial charge on any atom is -0.469 e. The molecule has 86 valence electrons. The van der Waals surface area contributed by atoms with E-state index in [-0.39, 0.29) is 11.4 Å². The van der Waals surface area contributed by atoms with Crippen molar-refractivity contribution < 1.29 is 9.53 Å². The van der Waals surface area contributed by atoms with Crippen molar-refractivity contribution >= 4 is 5.97 Å². The van der Waals surface area contributed by atoms with Crippen molar-refractivity contribution in [3.8, 4) is 0 Å². The van der Waals surface area contributed by atoms with Crippen molar-refractivity contribution in [1.29, 1.82) is 0 Å². The zero-order valence-electron chi connectivity index (χ0n) is 10.3. The van der Waals surface area contributed by atoms with Crippen LogP contribution in [-0.2, 0) is 9.53 Å². The topological polar surface area (TPSA) is 26.3 Å². The molecular weight excluding hydrogens is 188 g/mol. The molecule has 1 rings (SSSR count). The summed E-state index contributed by atoms with van der Waals surface area (Å²) in [6.07, 6.45) is 6.21. The van der Waals surface area contributed by atoms with E-state index in [9.17, 15) is 4.79 Å². The van der Waals surface area contributed by atoms with Crippen LogP contribution < -0.4 is 0 Å². The molecule has 0 aromatic carbocycles. The van der Waals surface area contributed by atoms with Crippen molar-refractivity contribution in [1.82, 2.24) is 0 Å². The van der Waals surface area contributed by atoms with Crippen molar-refractivity contribution in [2.75, 3.05) is 7.11 Å². The number of carbonyl (C=O) groups is 1. The smallest absolute Gasteiger partial charge is 0.311 e. The first-order valence-corrected chi connectivity index (χ1v) is 5.74. The molecule has 0 bridgehead atoms. The lowest BCUT2D eigenvalue weighted by Gasteiger charge is -2.30. The van der Waals surface area contributed by atoms with E-state index in [2.05, 4.69) is 19.9 Å². The van der Waals surface area contributed by atoms with Gasteiger partial charge in [0.1, 0.15) is 0 Å². The van der Waals surface area contributed by atoms with Gasteiger partial charge in [-0.05, 0) is 38.5 Å². The van der Waals surface area contributed by atoms with Gasteiger partial charge in [0.25, 0.3) is 0 Å². The lowest BCUT2D eigenvalue weighted by Crippen LogP contribution is -2.30. The molecular formula is C13H22O2. The summed E-state index contributed by atoms with van der Waals surface area (Å²) in [5, 5.41) is 0. The number of carbonyl (C=O) groups excluding carboxylic acids is 1. The first kappa shape index (κ1) is 12.3. The highest BCUT2D eigenvalue weighted by molar-refractivity contribution is 5.76. The van der Waals surface area contributed by atoms with Crippen molar-refractivity contribution in [3.05, 3.63) is 11.6 Å². The van der Waals surface area contributed by atoms with Gasteiger partial charge in [-0.2, -0.15) is 0 Å². The molecule has 1 unspecified atom stereocenters. The molecule has 0 N–H and O–H groups in total. The minimum atomic E-state index is -0.283. The molecule has 0 heterocycles. The number of allylic oxidation sites excluding steroid dienone is 2. The summed E-state index contributed by atoms with van der Waals surface area (Å²) >= 11 is 0.